The molecule has 1 aromatic heterocycles. The second-order valence-corrected chi connectivity index (χ2v) is 6.75. The van der Waals surface area contributed by atoms with E-state index in [1.807, 2.05) is 49.5 Å². The highest BCUT2D eigenvalue weighted by molar-refractivity contribution is 6.05. The van der Waals surface area contributed by atoms with Crippen LogP contribution in [0.15, 0.2) is 89.9 Å². The molecule has 1 N–H and O–H groups in total. The summed E-state index contributed by atoms with van der Waals surface area (Å²) in [5, 5.41) is 3.30. The molecular formula is C24H20N2O3. The maximum atomic E-state index is 12.7. The van der Waals surface area contributed by atoms with Crippen molar-refractivity contribution in [2.24, 2.45) is 7.05 Å². The number of nitrogens with zero attached hydrogens (tertiary/aromatic N) is 1. The van der Waals surface area contributed by atoms with Crippen molar-refractivity contribution in [2.75, 3.05) is 5.32 Å². The summed E-state index contributed by atoms with van der Waals surface area (Å²) in [6, 6.07) is 24.2. The normalized spacial score (nSPS) is 10.7. The van der Waals surface area contributed by atoms with E-state index in [1.165, 1.54) is 0 Å². The fourth-order valence-electron chi connectivity index (χ4n) is 3.18. The van der Waals surface area contributed by atoms with E-state index in [-0.39, 0.29) is 11.0 Å². The van der Waals surface area contributed by atoms with Gasteiger partial charge in [-0.25, -0.2) is 0 Å². The number of rotatable bonds is 5. The van der Waals surface area contributed by atoms with Gasteiger partial charge in [-0.3, -0.25) is 9.59 Å². The lowest BCUT2D eigenvalue weighted by atomic mass is 10.1. The van der Waals surface area contributed by atoms with Crippen LogP contribution in [-0.2, 0) is 13.7 Å². The highest BCUT2D eigenvalue weighted by atomic mass is 16.5. The second-order valence-electron chi connectivity index (χ2n) is 6.75. The minimum atomic E-state index is -0.436. The molecule has 144 valence electrons. The molecule has 5 heteroatoms. The molecule has 1 amide bonds. The molecule has 0 saturated carbocycles. The van der Waals surface area contributed by atoms with Crippen molar-refractivity contribution in [2.45, 2.75) is 6.61 Å². The Hall–Kier alpha value is -3.86. The third-order valence-electron chi connectivity index (χ3n) is 4.70. The molecule has 3 aromatic carbocycles. The Labute approximate surface area is 168 Å². The number of anilines is 1. The number of aryl methyl sites for hydroxylation is 1. The molecular weight excluding hydrogens is 364 g/mol. The van der Waals surface area contributed by atoms with Gasteiger partial charge in [-0.2, -0.15) is 0 Å². The number of benzene rings is 3. The summed E-state index contributed by atoms with van der Waals surface area (Å²) in [6.07, 6.45) is 1.57. The maximum Gasteiger partial charge on any atom is 0.261 e. The number of pyridine rings is 1. The van der Waals surface area contributed by atoms with Gasteiger partial charge >= 0.3 is 0 Å². The number of carbonyl (C=O) groups is 1. The monoisotopic (exact) mass is 384 g/mol. The standard InChI is InChI=1S/C24H20N2O3/c1-26-15-21(23(27)20-9-5-6-10-22(20)26)24(28)25-18-11-13-19(14-12-18)29-16-17-7-3-2-4-8-17/h2-15H,16H2,1H3,(H,25,28). The van der Waals surface area contributed by atoms with E-state index < -0.39 is 5.91 Å². The maximum absolute atomic E-state index is 12.7. The first kappa shape index (κ1) is 18.5. The quantitative estimate of drug-likeness (QED) is 0.556. The van der Waals surface area contributed by atoms with Gasteiger partial charge in [0.05, 0.1) is 5.52 Å². The van der Waals surface area contributed by atoms with Gasteiger partial charge in [0.2, 0.25) is 5.43 Å². The molecule has 4 aromatic rings. The summed E-state index contributed by atoms with van der Waals surface area (Å²) < 4.78 is 7.54. The van der Waals surface area contributed by atoms with Crippen LogP contribution in [0.4, 0.5) is 5.69 Å². The number of para-hydroxylation sites is 1. The van der Waals surface area contributed by atoms with Crippen molar-refractivity contribution >= 4 is 22.5 Å². The second kappa shape index (κ2) is 8.02. The lowest BCUT2D eigenvalue weighted by Crippen LogP contribution is -2.23. The minimum Gasteiger partial charge on any atom is -0.489 e. The largest absolute Gasteiger partial charge is 0.489 e. The van der Waals surface area contributed by atoms with Gasteiger partial charge in [-0.15, -0.1) is 0 Å². The Morgan fingerprint density at radius 3 is 2.38 bits per heavy atom. The molecule has 0 spiro atoms. The Morgan fingerprint density at radius 1 is 0.931 bits per heavy atom. The van der Waals surface area contributed by atoms with E-state index in [9.17, 15) is 9.59 Å². The summed E-state index contributed by atoms with van der Waals surface area (Å²) in [7, 11) is 1.82. The zero-order valence-corrected chi connectivity index (χ0v) is 16.0. The van der Waals surface area contributed by atoms with Gasteiger partial charge in [0, 0.05) is 24.3 Å². The van der Waals surface area contributed by atoms with E-state index in [1.54, 1.807) is 47.2 Å². The van der Waals surface area contributed by atoms with Crippen molar-refractivity contribution in [1.29, 1.82) is 0 Å². The van der Waals surface area contributed by atoms with Crippen LogP contribution >= 0.6 is 0 Å². The fraction of sp³-hybridized carbons (Fsp3) is 0.0833. The molecule has 29 heavy (non-hydrogen) atoms. The lowest BCUT2D eigenvalue weighted by Gasteiger charge is -2.10. The van der Waals surface area contributed by atoms with Crippen LogP contribution in [-0.4, -0.2) is 10.5 Å². The highest BCUT2D eigenvalue weighted by Crippen LogP contribution is 2.18. The summed E-state index contributed by atoms with van der Waals surface area (Å²) in [6.45, 7) is 0.472. The molecule has 0 atom stereocenters. The zero-order chi connectivity index (χ0) is 20.2. The molecule has 0 bridgehead atoms. The van der Waals surface area contributed by atoms with Gasteiger partial charge < -0.3 is 14.6 Å². The Morgan fingerprint density at radius 2 is 1.62 bits per heavy atom. The number of carbonyl (C=O) groups excluding carboxylic acids is 1. The number of aromatic nitrogens is 1. The number of hydrogen-bond acceptors (Lipinski definition) is 3. The summed E-state index contributed by atoms with van der Waals surface area (Å²) in [4.78, 5) is 25.4. The molecule has 0 fully saturated rings. The molecule has 0 unspecified atom stereocenters. The van der Waals surface area contributed by atoms with E-state index in [0.29, 0.717) is 23.4 Å². The lowest BCUT2D eigenvalue weighted by molar-refractivity contribution is 0.102. The number of ether oxygens (including phenoxy) is 1. The molecule has 0 aliphatic heterocycles. The van der Waals surface area contributed by atoms with Crippen molar-refractivity contribution < 1.29 is 9.53 Å². The van der Waals surface area contributed by atoms with Gasteiger partial charge in [0.15, 0.2) is 0 Å². The van der Waals surface area contributed by atoms with Crippen LogP contribution in [0.2, 0.25) is 0 Å². The Kier molecular flexibility index (Phi) is 5.12. The average Bonchev–Trinajstić information content (AvgIpc) is 2.76. The van der Waals surface area contributed by atoms with Gasteiger partial charge in [0.1, 0.15) is 17.9 Å². The van der Waals surface area contributed by atoms with Crippen LogP contribution in [0.3, 0.4) is 0 Å². The van der Waals surface area contributed by atoms with Crippen LogP contribution in [0, 0.1) is 0 Å². The zero-order valence-electron chi connectivity index (χ0n) is 16.0. The first-order chi connectivity index (χ1) is 14.1. The summed E-state index contributed by atoms with van der Waals surface area (Å²) in [5.74, 6) is 0.266. The van der Waals surface area contributed by atoms with Gasteiger partial charge in [-0.1, -0.05) is 42.5 Å². The SMILES string of the molecule is Cn1cc(C(=O)Nc2ccc(OCc3ccccc3)cc2)c(=O)c2ccccc21. The van der Waals surface area contributed by atoms with Crippen LogP contribution < -0.4 is 15.5 Å². The van der Waals surface area contributed by atoms with E-state index in [0.717, 1.165) is 11.1 Å². The van der Waals surface area contributed by atoms with Crippen molar-refractivity contribution in [3.05, 3.63) is 106 Å². The van der Waals surface area contributed by atoms with E-state index >= 15 is 0 Å². The molecule has 0 radical (unpaired) electrons. The van der Waals surface area contributed by atoms with Crippen LogP contribution in [0.1, 0.15) is 15.9 Å². The summed E-state index contributed by atoms with van der Waals surface area (Å²) in [5.41, 5.74) is 2.29. The predicted molar refractivity (Wildman–Crippen MR) is 114 cm³/mol. The van der Waals surface area contributed by atoms with E-state index in [4.69, 9.17) is 4.74 Å². The van der Waals surface area contributed by atoms with E-state index in [2.05, 4.69) is 5.32 Å². The number of amides is 1. The average molecular weight is 384 g/mol. The Bertz CT molecular complexity index is 1210. The number of fused-ring (bicyclic) bond motifs is 1. The number of hydrogen-bond donors (Lipinski definition) is 1. The third kappa shape index (κ3) is 4.04. The molecule has 0 aliphatic carbocycles. The molecule has 0 aliphatic rings. The topological polar surface area (TPSA) is 60.3 Å². The van der Waals surface area contributed by atoms with Gasteiger partial charge in [0.25, 0.3) is 5.91 Å². The minimum absolute atomic E-state index is 0.107. The highest BCUT2D eigenvalue weighted by Gasteiger charge is 2.14. The van der Waals surface area contributed by atoms with Crippen molar-refractivity contribution in [3.8, 4) is 5.75 Å². The van der Waals surface area contributed by atoms with Crippen molar-refractivity contribution in [3.63, 3.8) is 0 Å². The predicted octanol–water partition coefficient (Wildman–Crippen LogP) is 4.37. The molecule has 5 nitrogen and oxygen atoms in total. The molecule has 1 heterocycles. The third-order valence-corrected chi connectivity index (χ3v) is 4.70. The van der Waals surface area contributed by atoms with Crippen molar-refractivity contribution in [1.82, 2.24) is 4.57 Å². The first-order valence-electron chi connectivity index (χ1n) is 9.28. The fourth-order valence-corrected chi connectivity index (χ4v) is 3.18. The number of nitrogens with one attached hydrogen (secondary N) is 1. The van der Waals surface area contributed by atoms with Crippen LogP contribution in [0.25, 0.3) is 10.9 Å². The molecule has 0 saturated heterocycles. The molecule has 4 rings (SSSR count). The van der Waals surface area contributed by atoms with Gasteiger partial charge in [-0.05, 0) is 42.0 Å². The van der Waals surface area contributed by atoms with Crippen LogP contribution in [0.5, 0.6) is 5.75 Å². The Balaban J connectivity index is 1.48. The first-order valence-corrected chi connectivity index (χ1v) is 9.28. The smallest absolute Gasteiger partial charge is 0.261 e. The summed E-state index contributed by atoms with van der Waals surface area (Å²) >= 11 is 0.